The number of piperazine rings is 1. The molecule has 1 amide bonds. The van der Waals surface area contributed by atoms with Crippen LogP contribution in [0, 0.1) is 0 Å². The van der Waals surface area contributed by atoms with E-state index in [9.17, 15) is 13.2 Å². The van der Waals surface area contributed by atoms with Gasteiger partial charge in [-0.05, 0) is 43.0 Å². The molecule has 1 unspecified atom stereocenters. The van der Waals surface area contributed by atoms with Crippen LogP contribution in [0.15, 0.2) is 54.1 Å². The fourth-order valence-electron chi connectivity index (χ4n) is 2.87. The molecule has 0 aliphatic carbocycles. The number of nitrogens with zero attached hydrogens (tertiary/aromatic N) is 2. The summed E-state index contributed by atoms with van der Waals surface area (Å²) in [6.07, 6.45) is 6.18. The van der Waals surface area contributed by atoms with E-state index in [1.165, 1.54) is 18.2 Å². The van der Waals surface area contributed by atoms with E-state index in [1.54, 1.807) is 16.4 Å². The zero-order chi connectivity index (χ0) is 16.4. The van der Waals surface area contributed by atoms with Gasteiger partial charge in [0.05, 0.1) is 4.90 Å². The molecule has 0 radical (unpaired) electrons. The third-order valence-corrected chi connectivity index (χ3v) is 6.02. The average molecular weight is 333 g/mol. The molecule has 23 heavy (non-hydrogen) atoms. The maximum absolute atomic E-state index is 12.7. The van der Waals surface area contributed by atoms with Gasteiger partial charge in [0.1, 0.15) is 0 Å². The van der Waals surface area contributed by atoms with Crippen LogP contribution in [0.25, 0.3) is 0 Å². The molecule has 1 aromatic rings. The van der Waals surface area contributed by atoms with E-state index in [1.807, 2.05) is 6.20 Å². The van der Waals surface area contributed by atoms with E-state index >= 15 is 0 Å². The van der Waals surface area contributed by atoms with Crippen LogP contribution in [-0.4, -0.2) is 49.2 Å². The van der Waals surface area contributed by atoms with Gasteiger partial charge >= 0.3 is 0 Å². The van der Waals surface area contributed by atoms with E-state index in [2.05, 4.69) is 22.9 Å². The van der Waals surface area contributed by atoms with Crippen molar-refractivity contribution in [1.82, 2.24) is 9.21 Å². The van der Waals surface area contributed by atoms with Crippen molar-refractivity contribution in [1.29, 1.82) is 0 Å². The van der Waals surface area contributed by atoms with Gasteiger partial charge in [0, 0.05) is 31.4 Å². The molecule has 6 nitrogen and oxygen atoms in total. The molecule has 1 aromatic carbocycles. The summed E-state index contributed by atoms with van der Waals surface area (Å²) in [5.74, 6) is -0.328. The van der Waals surface area contributed by atoms with Crippen LogP contribution in [-0.2, 0) is 14.8 Å². The maximum Gasteiger partial charge on any atom is 0.247 e. The van der Waals surface area contributed by atoms with Gasteiger partial charge < -0.3 is 10.2 Å². The van der Waals surface area contributed by atoms with Crippen molar-refractivity contribution in [2.45, 2.75) is 17.4 Å². The van der Waals surface area contributed by atoms with Gasteiger partial charge in [-0.25, -0.2) is 8.42 Å². The summed E-state index contributed by atoms with van der Waals surface area (Å²) in [5.41, 5.74) is 0.540. The van der Waals surface area contributed by atoms with Crippen LogP contribution in [0.2, 0.25) is 0 Å². The first-order valence-electron chi connectivity index (χ1n) is 7.47. The standard InChI is InChI=1S/C16H19N3O3S/c1-2-16(20)17-13-5-7-15(8-6-13)23(21,22)19-11-10-18-9-3-4-14(18)12-19/h2-3,5-9,14H,1,4,10-12H2,(H,17,20). The van der Waals surface area contributed by atoms with Gasteiger partial charge in [-0.15, -0.1) is 0 Å². The Morgan fingerprint density at radius 1 is 1.26 bits per heavy atom. The quantitative estimate of drug-likeness (QED) is 0.846. The summed E-state index contributed by atoms with van der Waals surface area (Å²) in [5, 5.41) is 2.60. The number of hydrogen-bond donors (Lipinski definition) is 1. The van der Waals surface area contributed by atoms with E-state index in [-0.39, 0.29) is 16.8 Å². The summed E-state index contributed by atoms with van der Waals surface area (Å²) < 4.78 is 27.0. The predicted molar refractivity (Wildman–Crippen MR) is 88.3 cm³/mol. The minimum absolute atomic E-state index is 0.240. The lowest BCUT2D eigenvalue weighted by atomic mass is 10.2. The highest BCUT2D eigenvalue weighted by molar-refractivity contribution is 7.89. The lowest BCUT2D eigenvalue weighted by molar-refractivity contribution is -0.111. The van der Waals surface area contributed by atoms with Crippen LogP contribution in [0.5, 0.6) is 0 Å². The first-order chi connectivity index (χ1) is 11.0. The molecule has 1 saturated heterocycles. The van der Waals surface area contributed by atoms with Crippen LogP contribution < -0.4 is 5.32 Å². The van der Waals surface area contributed by atoms with Crippen molar-refractivity contribution in [2.24, 2.45) is 0 Å². The van der Waals surface area contributed by atoms with E-state index in [0.717, 1.165) is 6.42 Å². The zero-order valence-corrected chi connectivity index (χ0v) is 13.5. The molecule has 0 spiro atoms. The molecule has 1 N–H and O–H groups in total. The molecule has 2 heterocycles. The monoisotopic (exact) mass is 333 g/mol. The molecule has 0 bridgehead atoms. The Labute approximate surface area is 136 Å². The Morgan fingerprint density at radius 2 is 2.00 bits per heavy atom. The SMILES string of the molecule is C=CC(=O)Nc1ccc(S(=O)(=O)N2CCN3C=CCC3C2)cc1. The second kappa shape index (κ2) is 6.17. The second-order valence-corrected chi connectivity index (χ2v) is 7.53. The van der Waals surface area contributed by atoms with Crippen molar-refractivity contribution in [3.63, 3.8) is 0 Å². The molecule has 0 saturated carbocycles. The van der Waals surface area contributed by atoms with Crippen LogP contribution >= 0.6 is 0 Å². The molecule has 1 fully saturated rings. The first kappa shape index (κ1) is 15.8. The number of sulfonamides is 1. The van der Waals surface area contributed by atoms with Gasteiger partial charge in [-0.1, -0.05) is 12.7 Å². The predicted octanol–water partition coefficient (Wildman–Crippen LogP) is 1.40. The lowest BCUT2D eigenvalue weighted by Crippen LogP contribution is -2.51. The normalized spacial score (nSPS) is 21.0. The zero-order valence-electron chi connectivity index (χ0n) is 12.7. The smallest absolute Gasteiger partial charge is 0.247 e. The first-order valence-corrected chi connectivity index (χ1v) is 8.91. The second-order valence-electron chi connectivity index (χ2n) is 5.59. The molecule has 122 valence electrons. The van der Waals surface area contributed by atoms with E-state index in [4.69, 9.17) is 0 Å². The summed E-state index contributed by atoms with van der Waals surface area (Å²) in [6, 6.07) is 6.45. The van der Waals surface area contributed by atoms with Gasteiger partial charge in [-0.2, -0.15) is 4.31 Å². The number of hydrogen-bond acceptors (Lipinski definition) is 4. The highest BCUT2D eigenvalue weighted by Crippen LogP contribution is 2.25. The summed E-state index contributed by atoms with van der Waals surface area (Å²) in [4.78, 5) is 13.7. The topological polar surface area (TPSA) is 69.7 Å². The highest BCUT2D eigenvalue weighted by atomic mass is 32.2. The van der Waals surface area contributed by atoms with Crippen molar-refractivity contribution in [3.05, 3.63) is 49.2 Å². The minimum atomic E-state index is -3.51. The number of rotatable bonds is 4. The Balaban J connectivity index is 1.74. The Hall–Kier alpha value is -2.12. The maximum atomic E-state index is 12.7. The van der Waals surface area contributed by atoms with Gasteiger partial charge in [0.2, 0.25) is 15.9 Å². The lowest BCUT2D eigenvalue weighted by Gasteiger charge is -2.37. The van der Waals surface area contributed by atoms with E-state index < -0.39 is 10.0 Å². The molecule has 0 aromatic heterocycles. The fraction of sp³-hybridized carbons (Fsp3) is 0.312. The minimum Gasteiger partial charge on any atom is -0.372 e. The van der Waals surface area contributed by atoms with Crippen molar-refractivity contribution >= 4 is 21.6 Å². The van der Waals surface area contributed by atoms with Gasteiger partial charge in [0.25, 0.3) is 0 Å². The van der Waals surface area contributed by atoms with Crippen molar-refractivity contribution in [2.75, 3.05) is 25.0 Å². The van der Waals surface area contributed by atoms with Crippen LogP contribution in [0.1, 0.15) is 6.42 Å². The van der Waals surface area contributed by atoms with Crippen LogP contribution in [0.4, 0.5) is 5.69 Å². The van der Waals surface area contributed by atoms with E-state index in [0.29, 0.717) is 25.3 Å². The molecule has 1 atom stereocenters. The summed E-state index contributed by atoms with van der Waals surface area (Å²) in [7, 11) is -3.51. The Morgan fingerprint density at radius 3 is 2.70 bits per heavy atom. The van der Waals surface area contributed by atoms with Gasteiger partial charge in [-0.3, -0.25) is 4.79 Å². The number of anilines is 1. The molecular weight excluding hydrogens is 314 g/mol. The number of benzene rings is 1. The molecule has 2 aliphatic rings. The fourth-order valence-corrected chi connectivity index (χ4v) is 4.34. The third kappa shape index (κ3) is 3.16. The number of carbonyl (C=O) groups is 1. The molecule has 7 heteroatoms. The van der Waals surface area contributed by atoms with Crippen molar-refractivity contribution < 1.29 is 13.2 Å². The number of amides is 1. The Bertz CT molecular complexity index is 740. The molecular formula is C16H19N3O3S. The number of nitrogens with one attached hydrogen (secondary N) is 1. The summed E-state index contributed by atoms with van der Waals surface area (Å²) >= 11 is 0. The highest BCUT2D eigenvalue weighted by Gasteiger charge is 2.34. The molecule has 3 rings (SSSR count). The Kier molecular flexibility index (Phi) is 4.23. The number of carbonyl (C=O) groups excluding carboxylic acids is 1. The van der Waals surface area contributed by atoms with Crippen molar-refractivity contribution in [3.8, 4) is 0 Å². The summed E-state index contributed by atoms with van der Waals surface area (Å²) in [6.45, 7) is 5.08. The van der Waals surface area contributed by atoms with Crippen LogP contribution in [0.3, 0.4) is 0 Å². The average Bonchev–Trinajstić information content (AvgIpc) is 3.02. The largest absolute Gasteiger partial charge is 0.372 e. The molecule has 2 aliphatic heterocycles. The number of fused-ring (bicyclic) bond motifs is 1. The third-order valence-electron chi connectivity index (χ3n) is 4.14. The van der Waals surface area contributed by atoms with Gasteiger partial charge in [0.15, 0.2) is 0 Å².